The van der Waals surface area contributed by atoms with Crippen LogP contribution >= 0.6 is 0 Å². The van der Waals surface area contributed by atoms with E-state index in [0.29, 0.717) is 52.0 Å². The molecule has 210 valence electrons. The summed E-state index contributed by atoms with van der Waals surface area (Å²) >= 11 is 0. The summed E-state index contributed by atoms with van der Waals surface area (Å²) in [7, 11) is 1.57. The number of hydrogen-bond donors (Lipinski definition) is 3. The highest BCUT2D eigenvalue weighted by atomic mass is 19.1. The zero-order chi connectivity index (χ0) is 28.1. The molecular weight excluding hydrogens is 517 g/mol. The normalized spacial score (nSPS) is 15.4. The van der Waals surface area contributed by atoms with Crippen molar-refractivity contribution in [1.29, 1.82) is 0 Å². The number of aliphatic hydroxyl groups excluding tert-OH is 1. The molecule has 40 heavy (non-hydrogen) atoms. The number of fused-ring (bicyclic) bond motifs is 1. The van der Waals surface area contributed by atoms with Gasteiger partial charge in [0.05, 0.1) is 43.6 Å². The van der Waals surface area contributed by atoms with E-state index in [-0.39, 0.29) is 19.1 Å². The van der Waals surface area contributed by atoms with Crippen molar-refractivity contribution in [2.45, 2.75) is 31.7 Å². The summed E-state index contributed by atoms with van der Waals surface area (Å²) in [5.41, 5.74) is 7.02. The van der Waals surface area contributed by atoms with Crippen molar-refractivity contribution in [2.75, 3.05) is 38.7 Å². The molecule has 0 aliphatic carbocycles. The van der Waals surface area contributed by atoms with Gasteiger partial charge in [-0.05, 0) is 50.1 Å². The number of amides is 1. The molecule has 0 spiro atoms. The van der Waals surface area contributed by atoms with Gasteiger partial charge in [0.25, 0.3) is 0 Å². The fourth-order valence-electron chi connectivity index (χ4n) is 5.02. The summed E-state index contributed by atoms with van der Waals surface area (Å²) in [5.74, 6) is 0.988. The Balaban J connectivity index is 1.36. The van der Waals surface area contributed by atoms with E-state index in [2.05, 4.69) is 25.3 Å². The Morgan fingerprint density at radius 2 is 2.10 bits per heavy atom. The van der Waals surface area contributed by atoms with Gasteiger partial charge in [-0.1, -0.05) is 6.07 Å². The molecule has 1 aliphatic rings. The van der Waals surface area contributed by atoms with Gasteiger partial charge in [0.15, 0.2) is 17.3 Å². The number of nitrogens with two attached hydrogens (primary N) is 1. The van der Waals surface area contributed by atoms with Crippen LogP contribution < -0.4 is 20.5 Å². The number of rotatable bonds is 12. The van der Waals surface area contributed by atoms with Crippen molar-refractivity contribution >= 4 is 28.4 Å². The monoisotopic (exact) mass is 549 g/mol. The SMILES string of the molecule is COc1cc2c(Nc3cc(CC(N)=O)n(-c4cccc(F)c4)n3)ncnc2cc1OCCCN1CCC[C@H]1CO. The standard InChI is InChI=1S/C28H32FN7O4/c1-39-24-14-22-23(15-25(24)40-10-4-9-35-8-3-7-20(35)16-37)31-17-32-28(22)33-27-13-21(12-26(30)38)36(34-27)19-6-2-5-18(29)11-19/h2,5-6,11,13-15,17,20,37H,3-4,7-10,12,16H2,1H3,(H2,30,38)(H,31,32,33,34)/t20-/m0/s1. The maximum atomic E-state index is 13.9. The fourth-order valence-corrected chi connectivity index (χ4v) is 5.02. The Morgan fingerprint density at radius 1 is 1.23 bits per heavy atom. The molecule has 1 fully saturated rings. The number of carbonyl (C=O) groups excluding carboxylic acids is 1. The Bertz CT molecular complexity index is 1500. The molecule has 11 nitrogen and oxygen atoms in total. The molecule has 12 heteroatoms. The number of aromatic nitrogens is 4. The van der Waals surface area contributed by atoms with Crippen LogP contribution in [0.5, 0.6) is 11.5 Å². The number of nitrogens with zero attached hydrogens (tertiary/aromatic N) is 5. The van der Waals surface area contributed by atoms with Crippen LogP contribution in [0.4, 0.5) is 16.0 Å². The number of anilines is 2. The second-order valence-electron chi connectivity index (χ2n) is 9.64. The minimum atomic E-state index is -0.539. The van der Waals surface area contributed by atoms with Gasteiger partial charge < -0.3 is 25.6 Å². The molecule has 2 aromatic heterocycles. The van der Waals surface area contributed by atoms with Gasteiger partial charge in [0.1, 0.15) is 18.0 Å². The van der Waals surface area contributed by atoms with E-state index < -0.39 is 11.7 Å². The molecule has 2 aromatic carbocycles. The predicted molar refractivity (Wildman–Crippen MR) is 148 cm³/mol. The Labute approximate surface area is 230 Å². The average Bonchev–Trinajstić information content (AvgIpc) is 3.56. The van der Waals surface area contributed by atoms with Crippen LogP contribution in [0.1, 0.15) is 25.0 Å². The van der Waals surface area contributed by atoms with Gasteiger partial charge in [-0.25, -0.2) is 19.0 Å². The van der Waals surface area contributed by atoms with E-state index in [9.17, 15) is 14.3 Å². The van der Waals surface area contributed by atoms with Crippen molar-refractivity contribution in [1.82, 2.24) is 24.6 Å². The molecule has 0 radical (unpaired) electrons. The summed E-state index contributed by atoms with van der Waals surface area (Å²) in [5, 5.41) is 17.9. The number of nitrogens with one attached hydrogen (secondary N) is 1. The highest BCUT2D eigenvalue weighted by molar-refractivity contribution is 5.92. The molecule has 5 rings (SSSR count). The Morgan fingerprint density at radius 3 is 2.88 bits per heavy atom. The number of benzene rings is 2. The zero-order valence-corrected chi connectivity index (χ0v) is 22.2. The van der Waals surface area contributed by atoms with Gasteiger partial charge in [-0.15, -0.1) is 5.10 Å². The average molecular weight is 550 g/mol. The molecule has 4 aromatic rings. The Kier molecular flexibility index (Phi) is 8.37. The largest absolute Gasteiger partial charge is 0.493 e. The summed E-state index contributed by atoms with van der Waals surface area (Å²) in [6.07, 6.45) is 4.30. The molecule has 4 N–H and O–H groups in total. The van der Waals surface area contributed by atoms with E-state index in [1.807, 2.05) is 0 Å². The van der Waals surface area contributed by atoms with Crippen LogP contribution in [0.15, 0.2) is 48.8 Å². The van der Waals surface area contributed by atoms with Crippen LogP contribution in [0.3, 0.4) is 0 Å². The zero-order valence-electron chi connectivity index (χ0n) is 22.2. The number of aliphatic hydroxyl groups is 1. The molecule has 3 heterocycles. The molecule has 0 saturated carbocycles. The molecule has 1 aliphatic heterocycles. The number of methoxy groups -OCH3 is 1. The minimum absolute atomic E-state index is 0.0807. The third kappa shape index (κ3) is 6.13. The molecule has 1 atom stereocenters. The van der Waals surface area contributed by atoms with Crippen molar-refractivity contribution in [3.63, 3.8) is 0 Å². The molecule has 1 saturated heterocycles. The predicted octanol–water partition coefficient (Wildman–Crippen LogP) is 2.96. The van der Waals surface area contributed by atoms with Crippen molar-refractivity contribution < 1.29 is 23.8 Å². The number of hydrogen-bond acceptors (Lipinski definition) is 9. The first-order valence-corrected chi connectivity index (χ1v) is 13.2. The lowest BCUT2D eigenvalue weighted by Gasteiger charge is -2.22. The van der Waals surface area contributed by atoms with Crippen molar-refractivity contribution in [3.05, 3.63) is 60.3 Å². The van der Waals surface area contributed by atoms with Crippen LogP contribution in [-0.2, 0) is 11.2 Å². The number of carbonyl (C=O) groups is 1. The van der Waals surface area contributed by atoms with Crippen LogP contribution in [-0.4, -0.2) is 75.1 Å². The number of ether oxygens (including phenoxy) is 2. The van der Waals surface area contributed by atoms with E-state index in [4.69, 9.17) is 15.2 Å². The van der Waals surface area contributed by atoms with E-state index in [1.165, 1.54) is 23.1 Å². The first-order valence-electron chi connectivity index (χ1n) is 13.2. The van der Waals surface area contributed by atoms with E-state index in [0.717, 1.165) is 32.4 Å². The lowest BCUT2D eigenvalue weighted by atomic mass is 10.2. The number of likely N-dealkylation sites (tertiary alicyclic amines) is 1. The maximum absolute atomic E-state index is 13.9. The summed E-state index contributed by atoms with van der Waals surface area (Å²) in [4.78, 5) is 22.8. The van der Waals surface area contributed by atoms with Crippen LogP contribution in [0, 0.1) is 5.82 Å². The quantitative estimate of drug-likeness (QED) is 0.228. The summed E-state index contributed by atoms with van der Waals surface area (Å²) < 4.78 is 27.0. The van der Waals surface area contributed by atoms with E-state index in [1.54, 1.807) is 37.4 Å². The van der Waals surface area contributed by atoms with Crippen LogP contribution in [0.25, 0.3) is 16.6 Å². The summed E-state index contributed by atoms with van der Waals surface area (Å²) in [6, 6.07) is 11.4. The third-order valence-electron chi connectivity index (χ3n) is 6.92. The van der Waals surface area contributed by atoms with E-state index >= 15 is 0 Å². The smallest absolute Gasteiger partial charge is 0.223 e. The lowest BCUT2D eigenvalue weighted by molar-refractivity contribution is -0.117. The van der Waals surface area contributed by atoms with Gasteiger partial charge in [-0.2, -0.15) is 0 Å². The van der Waals surface area contributed by atoms with Gasteiger partial charge >= 0.3 is 0 Å². The second-order valence-corrected chi connectivity index (χ2v) is 9.64. The van der Waals surface area contributed by atoms with Crippen molar-refractivity contribution in [2.24, 2.45) is 5.73 Å². The first kappa shape index (κ1) is 27.3. The molecule has 0 unspecified atom stereocenters. The summed E-state index contributed by atoms with van der Waals surface area (Å²) in [6.45, 7) is 2.54. The highest BCUT2D eigenvalue weighted by Crippen LogP contribution is 2.35. The lowest BCUT2D eigenvalue weighted by Crippen LogP contribution is -2.33. The topological polar surface area (TPSA) is 141 Å². The molecular formula is C28H32FN7O4. The molecule has 1 amide bonds. The highest BCUT2D eigenvalue weighted by Gasteiger charge is 2.23. The van der Waals surface area contributed by atoms with Gasteiger partial charge in [0.2, 0.25) is 5.91 Å². The molecule has 0 bridgehead atoms. The Hall–Kier alpha value is -4.29. The first-order chi connectivity index (χ1) is 19.4. The number of halogens is 1. The van der Waals surface area contributed by atoms with Crippen molar-refractivity contribution in [3.8, 4) is 17.2 Å². The van der Waals surface area contributed by atoms with Crippen LogP contribution in [0.2, 0.25) is 0 Å². The number of primary amides is 1. The minimum Gasteiger partial charge on any atom is -0.493 e. The fraction of sp³-hybridized carbons (Fsp3) is 0.357. The third-order valence-corrected chi connectivity index (χ3v) is 6.92. The van der Waals surface area contributed by atoms with Gasteiger partial charge in [0, 0.05) is 30.1 Å². The van der Waals surface area contributed by atoms with Gasteiger partial charge in [-0.3, -0.25) is 9.69 Å². The maximum Gasteiger partial charge on any atom is 0.223 e. The second kappa shape index (κ2) is 12.3.